The molecule has 0 spiro atoms. The molecule has 0 fully saturated rings. The van der Waals surface area contributed by atoms with Crippen molar-refractivity contribution >= 4 is 18.0 Å². The van der Waals surface area contributed by atoms with Gasteiger partial charge in [0.1, 0.15) is 5.70 Å². The van der Waals surface area contributed by atoms with Gasteiger partial charge < -0.3 is 16.2 Å². The summed E-state index contributed by atoms with van der Waals surface area (Å²) in [6, 6.07) is 8.83. The van der Waals surface area contributed by atoms with Gasteiger partial charge in [0.25, 0.3) is 0 Å². The molecule has 0 atom stereocenters. The number of rotatable bonds is 4. The number of benzene rings is 1. The van der Waals surface area contributed by atoms with Gasteiger partial charge in [0, 0.05) is 0 Å². The molecule has 1 rings (SSSR count). The standard InChI is InChI=1S/C11H12N2O3/c12-7-10(14)13-9(11(15)16)6-8-4-2-1-3-5-8/h1-6H,7,12H2,(H,13,14)(H,15,16)/b9-6-. The zero-order valence-corrected chi connectivity index (χ0v) is 8.51. The quantitative estimate of drug-likeness (QED) is 0.631. The summed E-state index contributed by atoms with van der Waals surface area (Å²) in [5, 5.41) is 11.1. The van der Waals surface area contributed by atoms with Gasteiger partial charge in [0.15, 0.2) is 0 Å². The summed E-state index contributed by atoms with van der Waals surface area (Å²) in [6.45, 7) is -0.251. The minimum atomic E-state index is -1.20. The van der Waals surface area contributed by atoms with Crippen molar-refractivity contribution in [3.05, 3.63) is 41.6 Å². The summed E-state index contributed by atoms with van der Waals surface area (Å²) in [4.78, 5) is 21.8. The lowest BCUT2D eigenvalue weighted by Gasteiger charge is -2.04. The SMILES string of the molecule is NCC(=O)N/C(=C\c1ccccc1)C(=O)O. The Morgan fingerprint density at radius 3 is 2.44 bits per heavy atom. The average molecular weight is 220 g/mol. The molecule has 1 aromatic carbocycles. The van der Waals surface area contributed by atoms with Gasteiger partial charge in [-0.25, -0.2) is 4.79 Å². The molecule has 0 aromatic heterocycles. The predicted octanol–water partition coefficient (Wildman–Crippen LogP) is 0.187. The molecule has 0 saturated carbocycles. The van der Waals surface area contributed by atoms with Gasteiger partial charge in [-0.05, 0) is 11.6 Å². The predicted molar refractivity (Wildman–Crippen MR) is 59.3 cm³/mol. The number of carboxylic acid groups (broad SMARTS) is 1. The molecule has 0 aliphatic rings. The number of hydrogen-bond donors (Lipinski definition) is 3. The van der Waals surface area contributed by atoms with E-state index in [0.717, 1.165) is 0 Å². The Balaban J connectivity index is 2.90. The third kappa shape index (κ3) is 3.55. The number of nitrogens with two attached hydrogens (primary N) is 1. The molecule has 0 saturated heterocycles. The molecule has 0 radical (unpaired) electrons. The fourth-order valence-corrected chi connectivity index (χ4v) is 1.07. The van der Waals surface area contributed by atoms with Crippen molar-refractivity contribution in [3.8, 4) is 0 Å². The Labute approximate surface area is 92.6 Å². The first-order chi connectivity index (χ1) is 7.63. The zero-order valence-electron chi connectivity index (χ0n) is 8.51. The molecule has 16 heavy (non-hydrogen) atoms. The van der Waals surface area contributed by atoms with Crippen molar-refractivity contribution in [2.45, 2.75) is 0 Å². The molecular weight excluding hydrogens is 208 g/mol. The second-order valence-corrected chi connectivity index (χ2v) is 3.03. The Morgan fingerprint density at radius 1 is 1.31 bits per heavy atom. The molecule has 1 amide bonds. The number of hydrogen-bond acceptors (Lipinski definition) is 3. The molecule has 1 aromatic rings. The fraction of sp³-hybridized carbons (Fsp3) is 0.0909. The first-order valence-electron chi connectivity index (χ1n) is 4.63. The van der Waals surface area contributed by atoms with E-state index in [1.165, 1.54) is 6.08 Å². The number of amides is 1. The highest BCUT2D eigenvalue weighted by atomic mass is 16.4. The van der Waals surface area contributed by atoms with E-state index in [0.29, 0.717) is 5.56 Å². The van der Waals surface area contributed by atoms with Crippen molar-refractivity contribution in [3.63, 3.8) is 0 Å². The third-order valence-corrected chi connectivity index (χ3v) is 1.80. The van der Waals surface area contributed by atoms with E-state index in [9.17, 15) is 9.59 Å². The third-order valence-electron chi connectivity index (χ3n) is 1.80. The topological polar surface area (TPSA) is 92.4 Å². The Bertz CT molecular complexity index is 412. The number of aliphatic carboxylic acids is 1. The summed E-state index contributed by atoms with van der Waals surface area (Å²) in [5.41, 5.74) is 5.58. The molecule has 0 unspecified atom stereocenters. The highest BCUT2D eigenvalue weighted by Crippen LogP contribution is 2.04. The smallest absolute Gasteiger partial charge is 0.352 e. The Kier molecular flexibility index (Phi) is 4.23. The number of carbonyl (C=O) groups is 2. The maximum Gasteiger partial charge on any atom is 0.352 e. The van der Waals surface area contributed by atoms with Gasteiger partial charge in [0.2, 0.25) is 5.91 Å². The molecule has 5 nitrogen and oxygen atoms in total. The monoisotopic (exact) mass is 220 g/mol. The summed E-state index contributed by atoms with van der Waals surface area (Å²) in [5.74, 6) is -1.74. The molecule has 0 aliphatic carbocycles. The fourth-order valence-electron chi connectivity index (χ4n) is 1.07. The van der Waals surface area contributed by atoms with Gasteiger partial charge in [-0.15, -0.1) is 0 Å². The van der Waals surface area contributed by atoms with E-state index < -0.39 is 11.9 Å². The van der Waals surface area contributed by atoms with Crippen LogP contribution in [0.2, 0.25) is 0 Å². The maximum absolute atomic E-state index is 11.0. The van der Waals surface area contributed by atoms with E-state index in [1.54, 1.807) is 24.3 Å². The van der Waals surface area contributed by atoms with Crippen molar-refractivity contribution in [2.75, 3.05) is 6.54 Å². The number of carbonyl (C=O) groups excluding carboxylic acids is 1. The van der Waals surface area contributed by atoms with E-state index in [2.05, 4.69) is 5.32 Å². The van der Waals surface area contributed by atoms with E-state index >= 15 is 0 Å². The van der Waals surface area contributed by atoms with Gasteiger partial charge in [-0.1, -0.05) is 30.3 Å². The van der Waals surface area contributed by atoms with Gasteiger partial charge in [0.05, 0.1) is 6.54 Å². The lowest BCUT2D eigenvalue weighted by atomic mass is 10.2. The van der Waals surface area contributed by atoms with Crippen LogP contribution in [-0.4, -0.2) is 23.5 Å². The van der Waals surface area contributed by atoms with Gasteiger partial charge in [-0.3, -0.25) is 4.79 Å². The molecular formula is C11H12N2O3. The molecule has 0 heterocycles. The zero-order chi connectivity index (χ0) is 12.0. The van der Waals surface area contributed by atoms with Crippen LogP contribution in [0.1, 0.15) is 5.56 Å². The second-order valence-electron chi connectivity index (χ2n) is 3.03. The Morgan fingerprint density at radius 2 is 1.94 bits per heavy atom. The molecule has 0 bridgehead atoms. The van der Waals surface area contributed by atoms with Gasteiger partial charge >= 0.3 is 5.97 Å². The van der Waals surface area contributed by atoms with Crippen LogP contribution in [0.3, 0.4) is 0 Å². The lowest BCUT2D eigenvalue weighted by Crippen LogP contribution is -2.32. The van der Waals surface area contributed by atoms with Crippen LogP contribution < -0.4 is 11.1 Å². The normalized spacial score (nSPS) is 10.9. The van der Waals surface area contributed by atoms with Crippen molar-refractivity contribution in [2.24, 2.45) is 5.73 Å². The molecule has 5 heteroatoms. The molecule has 0 aliphatic heterocycles. The largest absolute Gasteiger partial charge is 0.477 e. The van der Waals surface area contributed by atoms with Crippen LogP contribution in [0.4, 0.5) is 0 Å². The van der Waals surface area contributed by atoms with Crippen LogP contribution >= 0.6 is 0 Å². The van der Waals surface area contributed by atoms with E-state index in [4.69, 9.17) is 10.8 Å². The van der Waals surface area contributed by atoms with Crippen LogP contribution in [-0.2, 0) is 9.59 Å². The number of carboxylic acids is 1. The highest BCUT2D eigenvalue weighted by molar-refractivity contribution is 5.97. The van der Waals surface area contributed by atoms with E-state index in [-0.39, 0.29) is 12.2 Å². The minimum absolute atomic E-state index is 0.193. The van der Waals surface area contributed by atoms with Crippen LogP contribution in [0, 0.1) is 0 Å². The summed E-state index contributed by atoms with van der Waals surface area (Å²) >= 11 is 0. The van der Waals surface area contributed by atoms with Crippen LogP contribution in [0.25, 0.3) is 6.08 Å². The first-order valence-corrected chi connectivity index (χ1v) is 4.63. The van der Waals surface area contributed by atoms with Gasteiger partial charge in [-0.2, -0.15) is 0 Å². The van der Waals surface area contributed by atoms with Crippen LogP contribution in [0.5, 0.6) is 0 Å². The molecule has 84 valence electrons. The number of nitrogens with one attached hydrogen (secondary N) is 1. The van der Waals surface area contributed by atoms with Crippen molar-refractivity contribution in [1.82, 2.24) is 5.32 Å². The minimum Gasteiger partial charge on any atom is -0.477 e. The first kappa shape index (κ1) is 11.9. The highest BCUT2D eigenvalue weighted by Gasteiger charge is 2.09. The summed E-state index contributed by atoms with van der Waals surface area (Å²) in [7, 11) is 0. The molecule has 4 N–H and O–H groups in total. The lowest BCUT2D eigenvalue weighted by molar-refractivity contribution is -0.134. The summed E-state index contributed by atoms with van der Waals surface area (Å²) < 4.78 is 0. The second kappa shape index (κ2) is 5.67. The maximum atomic E-state index is 11.0. The Hall–Kier alpha value is -2.14. The summed E-state index contributed by atoms with van der Waals surface area (Å²) in [6.07, 6.45) is 1.37. The van der Waals surface area contributed by atoms with Crippen LogP contribution in [0.15, 0.2) is 36.0 Å². The van der Waals surface area contributed by atoms with E-state index in [1.807, 2.05) is 6.07 Å². The van der Waals surface area contributed by atoms with Crippen molar-refractivity contribution < 1.29 is 14.7 Å². The van der Waals surface area contributed by atoms with Crippen molar-refractivity contribution in [1.29, 1.82) is 0 Å². The average Bonchev–Trinajstić information content (AvgIpc) is 2.29.